The van der Waals surface area contributed by atoms with Gasteiger partial charge in [-0.15, -0.1) is 10.2 Å². The van der Waals surface area contributed by atoms with E-state index >= 15 is 0 Å². The molecule has 0 saturated heterocycles. The fraction of sp³-hybridized carbons (Fsp3) is 0.158. The monoisotopic (exact) mass is 330 g/mol. The fourth-order valence-electron chi connectivity index (χ4n) is 3.04. The quantitative estimate of drug-likeness (QED) is 0.623. The minimum absolute atomic E-state index is 0.365. The Balaban J connectivity index is 2.10. The summed E-state index contributed by atoms with van der Waals surface area (Å²) in [6, 6.07) is 14.1. The number of anilines is 1. The molecule has 4 aromatic rings. The first kappa shape index (κ1) is 15.3. The van der Waals surface area contributed by atoms with Gasteiger partial charge in [-0.05, 0) is 31.0 Å². The molecule has 2 N–H and O–H groups in total. The molecule has 6 nitrogen and oxygen atoms in total. The van der Waals surface area contributed by atoms with Crippen LogP contribution in [0.15, 0.2) is 48.8 Å². The van der Waals surface area contributed by atoms with Crippen molar-refractivity contribution in [1.29, 1.82) is 0 Å². The first-order valence-electron chi connectivity index (χ1n) is 8.20. The molecule has 4 rings (SSSR count). The third-order valence-electron chi connectivity index (χ3n) is 4.19. The first-order chi connectivity index (χ1) is 12.2. The molecular weight excluding hydrogens is 312 g/mol. The van der Waals surface area contributed by atoms with E-state index in [2.05, 4.69) is 33.2 Å². The van der Waals surface area contributed by atoms with E-state index in [9.17, 15) is 0 Å². The van der Waals surface area contributed by atoms with E-state index < -0.39 is 0 Å². The zero-order valence-corrected chi connectivity index (χ0v) is 14.1. The molecule has 3 aromatic heterocycles. The van der Waals surface area contributed by atoms with E-state index in [1.807, 2.05) is 43.3 Å². The second-order valence-electron chi connectivity index (χ2n) is 5.93. The number of nitrogens with zero attached hydrogens (tertiary/aromatic N) is 5. The van der Waals surface area contributed by atoms with Crippen LogP contribution in [0.2, 0.25) is 0 Å². The molecule has 0 bridgehead atoms. The molecule has 0 saturated carbocycles. The molecule has 0 amide bonds. The van der Waals surface area contributed by atoms with Gasteiger partial charge in [0.1, 0.15) is 6.33 Å². The minimum atomic E-state index is 0.365. The highest BCUT2D eigenvalue weighted by Gasteiger charge is 2.18. The van der Waals surface area contributed by atoms with Crippen LogP contribution in [0.4, 0.5) is 5.95 Å². The molecule has 3 heterocycles. The largest absolute Gasteiger partial charge is 0.369 e. The Hall–Kier alpha value is -3.28. The van der Waals surface area contributed by atoms with Gasteiger partial charge < -0.3 is 5.73 Å². The molecule has 0 fully saturated rings. The van der Waals surface area contributed by atoms with Crippen molar-refractivity contribution in [3.8, 4) is 22.4 Å². The van der Waals surface area contributed by atoms with Crippen molar-refractivity contribution >= 4 is 11.6 Å². The van der Waals surface area contributed by atoms with Crippen molar-refractivity contribution in [3.63, 3.8) is 0 Å². The first-order valence-corrected chi connectivity index (χ1v) is 8.20. The zero-order chi connectivity index (χ0) is 17.4. The van der Waals surface area contributed by atoms with Crippen molar-refractivity contribution < 1.29 is 0 Å². The number of nitrogens with two attached hydrogens (primary N) is 1. The molecule has 0 aliphatic carbocycles. The Kier molecular flexibility index (Phi) is 3.65. The van der Waals surface area contributed by atoms with Gasteiger partial charge in [0.05, 0.1) is 11.3 Å². The van der Waals surface area contributed by atoms with Crippen LogP contribution in [0, 0.1) is 6.92 Å². The van der Waals surface area contributed by atoms with Crippen molar-refractivity contribution in [2.45, 2.75) is 20.3 Å². The smallest absolute Gasteiger partial charge is 0.207 e. The number of benzene rings is 1. The lowest BCUT2D eigenvalue weighted by Crippen LogP contribution is -2.04. The second-order valence-corrected chi connectivity index (χ2v) is 5.93. The highest BCUT2D eigenvalue weighted by atomic mass is 15.3. The van der Waals surface area contributed by atoms with E-state index in [0.29, 0.717) is 11.6 Å². The van der Waals surface area contributed by atoms with E-state index in [-0.39, 0.29) is 0 Å². The van der Waals surface area contributed by atoms with Crippen LogP contribution in [-0.2, 0) is 6.42 Å². The summed E-state index contributed by atoms with van der Waals surface area (Å²) in [5.74, 6) is 0.365. The van der Waals surface area contributed by atoms with Crippen LogP contribution in [0.5, 0.6) is 0 Å². The van der Waals surface area contributed by atoms with Crippen molar-refractivity contribution in [2.75, 3.05) is 5.73 Å². The number of aromatic nitrogens is 5. The van der Waals surface area contributed by atoms with Crippen molar-refractivity contribution in [3.05, 3.63) is 60.2 Å². The summed E-state index contributed by atoms with van der Waals surface area (Å²) in [5.41, 5.74) is 12.5. The predicted molar refractivity (Wildman–Crippen MR) is 98.0 cm³/mol. The molecule has 0 radical (unpaired) electrons. The van der Waals surface area contributed by atoms with E-state index in [0.717, 1.165) is 40.2 Å². The molecular formula is C19H18N6. The van der Waals surface area contributed by atoms with Gasteiger partial charge in [0.25, 0.3) is 0 Å². The van der Waals surface area contributed by atoms with Crippen LogP contribution < -0.4 is 5.73 Å². The summed E-state index contributed by atoms with van der Waals surface area (Å²) in [6.45, 7) is 4.09. The lowest BCUT2D eigenvalue weighted by Gasteiger charge is -2.13. The molecule has 0 aliphatic rings. The summed E-state index contributed by atoms with van der Waals surface area (Å²) in [6.07, 6.45) is 2.45. The Bertz CT molecular complexity index is 1050. The van der Waals surface area contributed by atoms with Gasteiger partial charge in [-0.2, -0.15) is 0 Å². The highest BCUT2D eigenvalue weighted by Crippen LogP contribution is 2.35. The number of fused-ring (bicyclic) bond motifs is 1. The third-order valence-corrected chi connectivity index (χ3v) is 4.19. The molecule has 0 unspecified atom stereocenters. The number of hydrogen-bond donors (Lipinski definition) is 1. The lowest BCUT2D eigenvalue weighted by atomic mass is 9.99. The molecule has 0 spiro atoms. The Labute approximate surface area is 145 Å². The number of pyridine rings is 1. The van der Waals surface area contributed by atoms with Gasteiger partial charge in [0.2, 0.25) is 5.95 Å². The Morgan fingerprint density at radius 2 is 1.84 bits per heavy atom. The maximum atomic E-state index is 6.13. The van der Waals surface area contributed by atoms with Gasteiger partial charge >= 0.3 is 0 Å². The average Bonchev–Trinajstić information content (AvgIpc) is 3.12. The number of aryl methyl sites for hydroxylation is 2. The normalized spacial score (nSPS) is 11.1. The molecule has 0 atom stereocenters. The SMILES string of the molecule is CCc1cc(-c2c(-c3ccccc3)nc(N)n3cnnc23)cc(C)n1. The van der Waals surface area contributed by atoms with Crippen LogP contribution in [0.3, 0.4) is 0 Å². The molecule has 25 heavy (non-hydrogen) atoms. The third kappa shape index (κ3) is 2.61. The second kappa shape index (κ2) is 5.98. The molecule has 0 aliphatic heterocycles. The van der Waals surface area contributed by atoms with Gasteiger partial charge in [-0.25, -0.2) is 4.98 Å². The zero-order valence-electron chi connectivity index (χ0n) is 14.1. The van der Waals surface area contributed by atoms with Crippen LogP contribution in [-0.4, -0.2) is 24.6 Å². The van der Waals surface area contributed by atoms with E-state index in [4.69, 9.17) is 5.73 Å². The molecule has 6 heteroatoms. The fourth-order valence-corrected chi connectivity index (χ4v) is 3.04. The van der Waals surface area contributed by atoms with Crippen LogP contribution in [0.25, 0.3) is 28.0 Å². The van der Waals surface area contributed by atoms with Crippen LogP contribution >= 0.6 is 0 Å². The van der Waals surface area contributed by atoms with E-state index in [1.165, 1.54) is 0 Å². The molecule has 1 aromatic carbocycles. The van der Waals surface area contributed by atoms with E-state index in [1.54, 1.807) is 10.7 Å². The summed E-state index contributed by atoms with van der Waals surface area (Å²) in [5, 5.41) is 8.33. The Morgan fingerprint density at radius 1 is 1.04 bits per heavy atom. The number of rotatable bonds is 3. The van der Waals surface area contributed by atoms with Gasteiger partial charge in [0.15, 0.2) is 5.65 Å². The summed E-state index contributed by atoms with van der Waals surface area (Å²) >= 11 is 0. The van der Waals surface area contributed by atoms with Gasteiger partial charge in [0, 0.05) is 17.0 Å². The maximum absolute atomic E-state index is 6.13. The predicted octanol–water partition coefficient (Wildman–Crippen LogP) is 3.31. The van der Waals surface area contributed by atoms with Gasteiger partial charge in [-0.1, -0.05) is 37.3 Å². The summed E-state index contributed by atoms with van der Waals surface area (Å²) < 4.78 is 1.71. The topological polar surface area (TPSA) is 82.0 Å². The van der Waals surface area contributed by atoms with Crippen LogP contribution in [0.1, 0.15) is 18.3 Å². The Morgan fingerprint density at radius 3 is 2.60 bits per heavy atom. The lowest BCUT2D eigenvalue weighted by molar-refractivity contribution is 1.01. The summed E-state index contributed by atoms with van der Waals surface area (Å²) in [7, 11) is 0. The number of hydrogen-bond acceptors (Lipinski definition) is 5. The van der Waals surface area contributed by atoms with Crippen molar-refractivity contribution in [2.24, 2.45) is 0 Å². The standard InChI is InChI=1S/C19H18N6/c1-3-15-10-14(9-12(2)22-15)16-17(13-7-5-4-6-8-13)23-19(20)25-11-21-24-18(16)25/h4-11H,3H2,1-2H3,(H2,20,23). The summed E-state index contributed by atoms with van der Waals surface area (Å²) in [4.78, 5) is 9.22. The van der Waals surface area contributed by atoms with Gasteiger partial charge in [-0.3, -0.25) is 9.38 Å². The minimum Gasteiger partial charge on any atom is -0.369 e. The van der Waals surface area contributed by atoms with Crippen molar-refractivity contribution in [1.82, 2.24) is 24.6 Å². The molecule has 124 valence electrons. The maximum Gasteiger partial charge on any atom is 0.207 e. The average molecular weight is 330 g/mol. The number of nitrogen functional groups attached to an aromatic ring is 1. The highest BCUT2D eigenvalue weighted by molar-refractivity contribution is 5.90.